The number of hydrogen-bond donors (Lipinski definition) is 2. The fourth-order valence-electron chi connectivity index (χ4n) is 3.08. The number of hydrogen-bond acceptors (Lipinski definition) is 4. The predicted octanol–water partition coefficient (Wildman–Crippen LogP) is 0.676. The zero-order chi connectivity index (χ0) is 18.6. The van der Waals surface area contributed by atoms with Gasteiger partial charge in [-0.2, -0.15) is 0 Å². The summed E-state index contributed by atoms with van der Waals surface area (Å²) in [6, 6.07) is 8.22. The second-order valence-corrected chi connectivity index (χ2v) is 7.70. The molecule has 0 unspecified atom stereocenters. The Balaban J connectivity index is 2.40. The van der Waals surface area contributed by atoms with Crippen LogP contribution in [0.5, 0.6) is 0 Å². The molecule has 25 heavy (non-hydrogen) atoms. The molecular weight excluding hydrogens is 336 g/mol. The summed E-state index contributed by atoms with van der Waals surface area (Å²) in [4.78, 5) is 30.1. The Labute approximate surface area is 152 Å². The van der Waals surface area contributed by atoms with Crippen LogP contribution in [0.15, 0.2) is 34.2 Å². The number of quaternary nitrogens is 1. The Bertz CT molecular complexity index is 793. The number of nitrogens with two attached hydrogens (primary N) is 1. The number of nitrogens with one attached hydrogen (secondary N) is 1. The van der Waals surface area contributed by atoms with Gasteiger partial charge < -0.3 is 10.6 Å². The summed E-state index contributed by atoms with van der Waals surface area (Å²) in [6.45, 7) is 10.1. The molecule has 0 saturated heterocycles. The van der Waals surface area contributed by atoms with Gasteiger partial charge >= 0.3 is 0 Å². The van der Waals surface area contributed by atoms with Crippen LogP contribution in [0.1, 0.15) is 27.7 Å². The number of thioether (sulfide) groups is 1. The molecule has 0 saturated carbocycles. The lowest BCUT2D eigenvalue weighted by Gasteiger charge is -2.28. The number of aromatic nitrogens is 2. The minimum Gasteiger partial charge on any atom is -0.369 e. The van der Waals surface area contributed by atoms with Crippen LogP contribution in [0, 0.1) is 0 Å². The van der Waals surface area contributed by atoms with E-state index in [1.807, 2.05) is 18.2 Å². The van der Waals surface area contributed by atoms with Crippen molar-refractivity contribution in [3.05, 3.63) is 34.6 Å². The number of fused-ring (bicyclic) bond motifs is 1. The molecule has 6 nitrogen and oxygen atoms in total. The fraction of sp³-hybridized carbons (Fsp3) is 0.500. The molecule has 0 bridgehead atoms. The topological polar surface area (TPSA) is 82.4 Å². The average Bonchev–Trinajstić information content (AvgIpc) is 2.54. The van der Waals surface area contributed by atoms with E-state index in [9.17, 15) is 9.59 Å². The summed E-state index contributed by atoms with van der Waals surface area (Å²) >= 11 is 1.22. The third-order valence-electron chi connectivity index (χ3n) is 4.28. The van der Waals surface area contributed by atoms with Crippen molar-refractivity contribution in [2.24, 2.45) is 5.73 Å². The highest BCUT2D eigenvalue weighted by Gasteiger charge is 2.19. The van der Waals surface area contributed by atoms with Gasteiger partial charge in [0.1, 0.15) is 0 Å². The molecule has 2 aromatic rings. The van der Waals surface area contributed by atoms with E-state index < -0.39 is 5.91 Å². The van der Waals surface area contributed by atoms with E-state index in [1.54, 1.807) is 10.6 Å². The second kappa shape index (κ2) is 8.49. The molecular formula is C18H27N4O2S+. The quantitative estimate of drug-likeness (QED) is 0.534. The monoisotopic (exact) mass is 363 g/mol. The molecule has 0 fully saturated rings. The van der Waals surface area contributed by atoms with Gasteiger partial charge in [0.2, 0.25) is 5.91 Å². The first-order valence-corrected chi connectivity index (χ1v) is 9.56. The zero-order valence-corrected chi connectivity index (χ0v) is 16.1. The molecule has 0 spiro atoms. The number of benzene rings is 1. The van der Waals surface area contributed by atoms with E-state index in [0.717, 1.165) is 6.54 Å². The van der Waals surface area contributed by atoms with Crippen LogP contribution in [0.25, 0.3) is 10.9 Å². The van der Waals surface area contributed by atoms with Crippen molar-refractivity contribution >= 4 is 28.6 Å². The highest BCUT2D eigenvalue weighted by molar-refractivity contribution is 7.99. The third-order valence-corrected chi connectivity index (χ3v) is 5.28. The van der Waals surface area contributed by atoms with Crippen molar-refractivity contribution in [3.8, 4) is 0 Å². The molecule has 1 amide bonds. The molecule has 0 aliphatic carbocycles. The molecule has 0 aliphatic heterocycles. The number of nitrogens with zero attached hydrogens (tertiary/aromatic N) is 2. The average molecular weight is 364 g/mol. The maximum absolute atomic E-state index is 12.9. The lowest BCUT2D eigenvalue weighted by atomic mass is 10.2. The van der Waals surface area contributed by atoms with Crippen LogP contribution >= 0.6 is 11.8 Å². The third kappa shape index (κ3) is 4.83. The molecule has 7 heteroatoms. The van der Waals surface area contributed by atoms with Gasteiger partial charge in [0.05, 0.1) is 41.8 Å². The largest absolute Gasteiger partial charge is 0.369 e. The zero-order valence-electron chi connectivity index (χ0n) is 15.3. The lowest BCUT2D eigenvalue weighted by molar-refractivity contribution is -0.942. The molecule has 136 valence electrons. The Hall–Kier alpha value is -1.86. The molecule has 3 N–H and O–H groups in total. The van der Waals surface area contributed by atoms with E-state index >= 15 is 0 Å². The maximum Gasteiger partial charge on any atom is 0.262 e. The van der Waals surface area contributed by atoms with Gasteiger partial charge in [-0.15, -0.1) is 0 Å². The summed E-state index contributed by atoms with van der Waals surface area (Å²) in [5, 5.41) is 1.15. The SMILES string of the molecule is CC(C)[NH+](CCn1c(SCC(N)=O)nc2ccccc2c1=O)C(C)C. The van der Waals surface area contributed by atoms with Gasteiger partial charge in [-0.1, -0.05) is 23.9 Å². The van der Waals surface area contributed by atoms with Crippen molar-refractivity contribution < 1.29 is 9.69 Å². The number of para-hydroxylation sites is 1. The van der Waals surface area contributed by atoms with Gasteiger partial charge in [0.15, 0.2) is 5.16 Å². The van der Waals surface area contributed by atoms with Crippen LogP contribution in [0.3, 0.4) is 0 Å². The van der Waals surface area contributed by atoms with Gasteiger partial charge in [-0.3, -0.25) is 14.2 Å². The van der Waals surface area contributed by atoms with Crippen LogP contribution in [0.2, 0.25) is 0 Å². The predicted molar refractivity (Wildman–Crippen MR) is 102 cm³/mol. The van der Waals surface area contributed by atoms with Crippen LogP contribution in [0.4, 0.5) is 0 Å². The smallest absolute Gasteiger partial charge is 0.262 e. The first-order chi connectivity index (χ1) is 11.8. The summed E-state index contributed by atoms with van der Waals surface area (Å²) < 4.78 is 1.68. The van der Waals surface area contributed by atoms with E-state index in [4.69, 9.17) is 5.73 Å². The van der Waals surface area contributed by atoms with E-state index in [-0.39, 0.29) is 11.3 Å². The van der Waals surface area contributed by atoms with E-state index in [0.29, 0.717) is 34.7 Å². The number of carbonyl (C=O) groups is 1. The van der Waals surface area contributed by atoms with Gasteiger partial charge in [-0.25, -0.2) is 4.98 Å². The standard InChI is InChI=1S/C18H26N4O2S/c1-12(2)21(13(3)4)9-10-22-17(24)14-7-5-6-8-15(14)20-18(22)25-11-16(19)23/h5-8,12-13H,9-11H2,1-4H3,(H2,19,23)/p+1. The van der Waals surface area contributed by atoms with Crippen molar-refractivity contribution in [2.45, 2.75) is 51.5 Å². The molecule has 1 aromatic heterocycles. The second-order valence-electron chi connectivity index (χ2n) is 6.76. The van der Waals surface area contributed by atoms with Crippen molar-refractivity contribution in [1.29, 1.82) is 0 Å². The van der Waals surface area contributed by atoms with Crippen LogP contribution in [-0.2, 0) is 11.3 Å². The Morgan fingerprint density at radius 2 is 1.88 bits per heavy atom. The Morgan fingerprint density at radius 3 is 2.48 bits per heavy atom. The Kier molecular flexibility index (Phi) is 6.61. The summed E-state index contributed by atoms with van der Waals surface area (Å²) in [6.07, 6.45) is 0. The minimum absolute atomic E-state index is 0.0653. The van der Waals surface area contributed by atoms with E-state index in [1.165, 1.54) is 16.7 Å². The van der Waals surface area contributed by atoms with Crippen molar-refractivity contribution in [3.63, 3.8) is 0 Å². The fourth-order valence-corrected chi connectivity index (χ4v) is 3.84. The number of amides is 1. The molecule has 0 atom stereocenters. The molecule has 1 aromatic carbocycles. The van der Waals surface area contributed by atoms with E-state index in [2.05, 4.69) is 32.7 Å². The van der Waals surface area contributed by atoms with Gasteiger partial charge in [-0.05, 0) is 39.8 Å². The first-order valence-electron chi connectivity index (χ1n) is 8.57. The minimum atomic E-state index is -0.421. The maximum atomic E-state index is 12.9. The van der Waals surface area contributed by atoms with Crippen LogP contribution < -0.4 is 16.2 Å². The Morgan fingerprint density at radius 1 is 1.24 bits per heavy atom. The first kappa shape index (κ1) is 19.5. The number of primary amides is 1. The summed E-state index contributed by atoms with van der Waals surface area (Å²) in [5.74, 6) is -0.314. The highest BCUT2D eigenvalue weighted by atomic mass is 32.2. The molecule has 0 aliphatic rings. The molecule has 0 radical (unpaired) electrons. The van der Waals surface area contributed by atoms with Crippen LogP contribution in [-0.4, -0.2) is 39.8 Å². The van der Waals surface area contributed by atoms with Gasteiger partial charge in [0, 0.05) is 0 Å². The van der Waals surface area contributed by atoms with Gasteiger partial charge in [0.25, 0.3) is 5.56 Å². The van der Waals surface area contributed by atoms with Crippen molar-refractivity contribution in [2.75, 3.05) is 12.3 Å². The number of rotatable bonds is 8. The highest BCUT2D eigenvalue weighted by Crippen LogP contribution is 2.17. The molecule has 2 rings (SSSR count). The summed E-state index contributed by atoms with van der Waals surface area (Å²) in [5.41, 5.74) is 5.84. The van der Waals surface area contributed by atoms with Crippen molar-refractivity contribution in [1.82, 2.24) is 9.55 Å². The summed E-state index contributed by atoms with van der Waals surface area (Å²) in [7, 11) is 0. The number of carbonyl (C=O) groups excluding carboxylic acids is 1. The lowest BCUT2D eigenvalue weighted by Crippen LogP contribution is -3.18. The normalized spacial score (nSPS) is 11.8. The molecule has 1 heterocycles.